The van der Waals surface area contributed by atoms with Crippen LogP contribution in [0.1, 0.15) is 24.5 Å². The Morgan fingerprint density at radius 1 is 0.927 bits per heavy atom. The van der Waals surface area contributed by atoms with Crippen LogP contribution in [0.4, 0.5) is 13.2 Å². The lowest BCUT2D eigenvalue weighted by molar-refractivity contribution is -0.137. The summed E-state index contributed by atoms with van der Waals surface area (Å²) in [5.74, 6) is 0. The normalized spacial score (nSPS) is 15.5. The summed E-state index contributed by atoms with van der Waals surface area (Å²) in [4.78, 5) is 30.7. The maximum absolute atomic E-state index is 13.3. The van der Waals surface area contributed by atoms with Crippen LogP contribution in [0, 0.1) is 0 Å². The third kappa shape index (κ3) is 5.61. The quantitative estimate of drug-likeness (QED) is 0.355. The number of rotatable bonds is 7. The highest BCUT2D eigenvalue weighted by Crippen LogP contribution is 2.29. The van der Waals surface area contributed by atoms with Crippen LogP contribution in [0.25, 0.3) is 22.3 Å². The lowest BCUT2D eigenvalue weighted by atomic mass is 10.1. The molecule has 3 heterocycles. The average molecular weight is 590 g/mol. The van der Waals surface area contributed by atoms with E-state index in [1.54, 1.807) is 25.2 Å². The first-order valence-corrected chi connectivity index (χ1v) is 14.7. The Hall–Kier alpha value is -3.68. The van der Waals surface area contributed by atoms with E-state index in [0.717, 1.165) is 17.7 Å². The summed E-state index contributed by atoms with van der Waals surface area (Å²) >= 11 is 0. The lowest BCUT2D eigenvalue weighted by Crippen LogP contribution is -2.48. The highest BCUT2D eigenvalue weighted by atomic mass is 32.2. The molecule has 13 heteroatoms. The molecule has 1 fully saturated rings. The second-order valence-electron chi connectivity index (χ2n) is 10.1. The number of nitrogens with zero attached hydrogens (tertiary/aromatic N) is 4. The predicted molar refractivity (Wildman–Crippen MR) is 149 cm³/mol. The number of H-pyrrole nitrogens is 1. The largest absolute Gasteiger partial charge is 0.416 e. The minimum atomic E-state index is -4.38. The van der Waals surface area contributed by atoms with E-state index in [-0.39, 0.29) is 18.0 Å². The third-order valence-electron chi connectivity index (χ3n) is 7.40. The van der Waals surface area contributed by atoms with E-state index in [9.17, 15) is 31.2 Å². The van der Waals surface area contributed by atoms with Gasteiger partial charge >= 0.3 is 11.9 Å². The summed E-state index contributed by atoms with van der Waals surface area (Å²) in [6.07, 6.45) is -3.75. The number of halogens is 3. The minimum Gasteiger partial charge on any atom is -0.349 e. The molecule has 0 unspecified atom stereocenters. The van der Waals surface area contributed by atoms with Crippen LogP contribution in [0.2, 0.25) is 0 Å². The zero-order chi connectivity index (χ0) is 29.5. The first-order valence-electron chi connectivity index (χ1n) is 13.2. The van der Waals surface area contributed by atoms with Crippen molar-refractivity contribution >= 4 is 21.1 Å². The second-order valence-corrected chi connectivity index (χ2v) is 12.1. The Bertz CT molecular complexity index is 1780. The molecule has 0 atom stereocenters. The van der Waals surface area contributed by atoms with Gasteiger partial charge in [0.2, 0.25) is 10.0 Å². The first-order chi connectivity index (χ1) is 19.4. The fourth-order valence-corrected chi connectivity index (χ4v) is 6.52. The number of fused-ring (bicyclic) bond motifs is 1. The van der Waals surface area contributed by atoms with Crippen LogP contribution in [0.15, 0.2) is 69.1 Å². The predicted octanol–water partition coefficient (Wildman–Crippen LogP) is 3.63. The van der Waals surface area contributed by atoms with E-state index >= 15 is 0 Å². The number of aromatic nitrogens is 3. The molecule has 0 radical (unpaired) electrons. The van der Waals surface area contributed by atoms with Gasteiger partial charge in [-0.15, -0.1) is 0 Å². The fraction of sp³-hybridized carbons (Fsp3) is 0.357. The van der Waals surface area contributed by atoms with Crippen molar-refractivity contribution in [2.45, 2.75) is 37.5 Å². The molecule has 0 amide bonds. The third-order valence-corrected chi connectivity index (χ3v) is 9.32. The molecule has 1 aliphatic rings. The molecular weight excluding hydrogens is 559 g/mol. The van der Waals surface area contributed by atoms with Crippen LogP contribution >= 0.6 is 0 Å². The van der Waals surface area contributed by atoms with Crippen molar-refractivity contribution in [3.05, 3.63) is 86.6 Å². The molecule has 218 valence electrons. The number of piperazine rings is 1. The molecule has 4 aromatic rings. The van der Waals surface area contributed by atoms with Crippen molar-refractivity contribution in [3.63, 3.8) is 0 Å². The number of aryl methyl sites for hydroxylation is 1. The Balaban J connectivity index is 1.28. The molecule has 0 aliphatic carbocycles. The van der Waals surface area contributed by atoms with Crippen LogP contribution in [0.5, 0.6) is 0 Å². The minimum absolute atomic E-state index is 0.131. The van der Waals surface area contributed by atoms with Gasteiger partial charge in [0.1, 0.15) is 5.52 Å². The van der Waals surface area contributed by atoms with Crippen molar-refractivity contribution in [2.75, 3.05) is 26.2 Å². The molecule has 1 N–H and O–H groups in total. The topological polar surface area (TPSA) is 100 Å². The molecule has 0 bridgehead atoms. The van der Waals surface area contributed by atoms with Crippen LogP contribution < -0.4 is 11.2 Å². The molecule has 0 saturated carbocycles. The Labute approximate surface area is 234 Å². The molecule has 9 nitrogen and oxygen atoms in total. The van der Waals surface area contributed by atoms with Gasteiger partial charge < -0.3 is 4.98 Å². The molecule has 2 aromatic carbocycles. The standard InChI is InChI=1S/C28H30F3N5O4S/c1-3-12-36-26(37)25-24(33(2)27(36)38)17-23(32-25)20-6-10-22(11-7-20)41(39,40)35-15-13-34(14-16-35)18-19-4-8-21(9-5-19)28(29,30)31/h4-11,17,32H,3,12-16,18H2,1-2H3. The van der Waals surface area contributed by atoms with Gasteiger partial charge in [-0.1, -0.05) is 31.2 Å². The summed E-state index contributed by atoms with van der Waals surface area (Å²) in [5.41, 5.74) is 1.26. The van der Waals surface area contributed by atoms with Gasteiger partial charge in [0.05, 0.1) is 16.0 Å². The maximum atomic E-state index is 13.3. The number of hydrogen-bond acceptors (Lipinski definition) is 5. The van der Waals surface area contributed by atoms with Gasteiger partial charge in [0.15, 0.2) is 0 Å². The Morgan fingerprint density at radius 3 is 2.15 bits per heavy atom. The summed E-state index contributed by atoms with van der Waals surface area (Å²) in [6.45, 7) is 4.03. The molecule has 5 rings (SSSR count). The number of aromatic amines is 1. The molecule has 1 aliphatic heterocycles. The molecule has 0 spiro atoms. The number of sulfonamides is 1. The Morgan fingerprint density at radius 2 is 1.56 bits per heavy atom. The van der Waals surface area contributed by atoms with Crippen LogP contribution in [0.3, 0.4) is 0 Å². The number of hydrogen-bond donors (Lipinski definition) is 1. The van der Waals surface area contributed by atoms with Gasteiger partial charge in [-0.25, -0.2) is 13.2 Å². The number of nitrogens with one attached hydrogen (secondary N) is 1. The molecule has 1 saturated heterocycles. The summed E-state index contributed by atoms with van der Waals surface area (Å²) in [5, 5.41) is 0. The van der Waals surface area contributed by atoms with E-state index in [1.807, 2.05) is 11.8 Å². The van der Waals surface area contributed by atoms with Crippen molar-refractivity contribution in [2.24, 2.45) is 7.05 Å². The van der Waals surface area contributed by atoms with Crippen LogP contribution in [-0.2, 0) is 36.3 Å². The zero-order valence-corrected chi connectivity index (χ0v) is 23.4. The molecular formula is C28H30F3N5O4S. The van der Waals surface area contributed by atoms with Crippen molar-refractivity contribution < 1.29 is 21.6 Å². The van der Waals surface area contributed by atoms with Gasteiger partial charge in [0, 0.05) is 52.0 Å². The van der Waals surface area contributed by atoms with E-state index in [0.29, 0.717) is 54.9 Å². The van der Waals surface area contributed by atoms with Crippen molar-refractivity contribution in [1.29, 1.82) is 0 Å². The molecule has 41 heavy (non-hydrogen) atoms. The van der Waals surface area contributed by atoms with Gasteiger partial charge in [-0.3, -0.25) is 18.8 Å². The van der Waals surface area contributed by atoms with Gasteiger partial charge in [-0.2, -0.15) is 17.5 Å². The Kier molecular flexibility index (Phi) is 7.70. The highest BCUT2D eigenvalue weighted by molar-refractivity contribution is 7.89. The van der Waals surface area contributed by atoms with Gasteiger partial charge in [0.25, 0.3) is 5.56 Å². The SMILES string of the molecule is CCCn1c(=O)c2[nH]c(-c3ccc(S(=O)(=O)N4CCN(Cc5ccc(C(F)(F)F)cc5)CC4)cc3)cc2n(C)c1=O. The van der Waals surface area contributed by atoms with Crippen molar-refractivity contribution in [3.8, 4) is 11.3 Å². The number of benzene rings is 2. The monoisotopic (exact) mass is 589 g/mol. The maximum Gasteiger partial charge on any atom is 0.416 e. The highest BCUT2D eigenvalue weighted by Gasteiger charge is 2.31. The number of alkyl halides is 3. The first kappa shape index (κ1) is 28.8. The summed E-state index contributed by atoms with van der Waals surface area (Å²) in [6, 6.07) is 13.0. The zero-order valence-electron chi connectivity index (χ0n) is 22.6. The van der Waals surface area contributed by atoms with E-state index in [4.69, 9.17) is 0 Å². The fourth-order valence-electron chi connectivity index (χ4n) is 5.09. The second kappa shape index (κ2) is 11.0. The summed E-state index contributed by atoms with van der Waals surface area (Å²) < 4.78 is 69.1. The van der Waals surface area contributed by atoms with Gasteiger partial charge in [-0.05, 0) is 47.9 Å². The van der Waals surface area contributed by atoms with E-state index < -0.39 is 33.0 Å². The lowest BCUT2D eigenvalue weighted by Gasteiger charge is -2.34. The molecule has 2 aromatic heterocycles. The average Bonchev–Trinajstić information content (AvgIpc) is 3.40. The smallest absolute Gasteiger partial charge is 0.349 e. The van der Waals surface area contributed by atoms with Crippen LogP contribution in [-0.4, -0.2) is 57.9 Å². The van der Waals surface area contributed by atoms with Crippen molar-refractivity contribution in [1.82, 2.24) is 23.3 Å². The van der Waals surface area contributed by atoms with E-state index in [2.05, 4.69) is 4.98 Å². The summed E-state index contributed by atoms with van der Waals surface area (Å²) in [7, 11) is -2.16. The van der Waals surface area contributed by atoms with E-state index in [1.165, 1.54) is 37.7 Å².